The van der Waals surface area contributed by atoms with Crippen molar-refractivity contribution in [2.24, 2.45) is 0 Å². The van der Waals surface area contributed by atoms with Crippen molar-refractivity contribution in [3.8, 4) is 0 Å². The molecule has 2 nitrogen and oxygen atoms in total. The van der Waals surface area contributed by atoms with Crippen molar-refractivity contribution in [3.05, 3.63) is 23.9 Å². The van der Waals surface area contributed by atoms with E-state index in [1.807, 2.05) is 26.0 Å². The number of pyridine rings is 1. The molecule has 78 valence electrons. The average molecular weight is 213 g/mol. The topological polar surface area (TPSA) is 24.9 Å². The molecule has 1 unspecified atom stereocenters. The zero-order chi connectivity index (χ0) is 10.8. The third kappa shape index (κ3) is 2.61. The standard InChI is InChI=1S/C11H17ClN2/c1-8-6-5-7-13-10(8)14-11(3,4)9(2)12/h5-7,9H,1-4H3,(H,13,14). The first kappa shape index (κ1) is 11.3. The summed E-state index contributed by atoms with van der Waals surface area (Å²) < 4.78 is 0. The van der Waals surface area contributed by atoms with Gasteiger partial charge < -0.3 is 5.32 Å². The smallest absolute Gasteiger partial charge is 0.129 e. The monoisotopic (exact) mass is 212 g/mol. The molecule has 1 rings (SSSR count). The average Bonchev–Trinajstić information content (AvgIpc) is 2.08. The SMILES string of the molecule is Cc1cccnc1NC(C)(C)C(C)Cl. The highest BCUT2D eigenvalue weighted by molar-refractivity contribution is 6.21. The van der Waals surface area contributed by atoms with E-state index in [2.05, 4.69) is 24.1 Å². The van der Waals surface area contributed by atoms with Gasteiger partial charge in [-0.2, -0.15) is 0 Å². The van der Waals surface area contributed by atoms with Gasteiger partial charge in [-0.25, -0.2) is 4.98 Å². The third-order valence-electron chi connectivity index (χ3n) is 2.44. The van der Waals surface area contributed by atoms with E-state index in [1.165, 1.54) is 0 Å². The summed E-state index contributed by atoms with van der Waals surface area (Å²) in [6, 6.07) is 3.96. The Hall–Kier alpha value is -0.760. The molecule has 0 saturated carbocycles. The molecule has 3 heteroatoms. The van der Waals surface area contributed by atoms with Gasteiger partial charge in [-0.1, -0.05) is 6.07 Å². The Morgan fingerprint density at radius 1 is 1.50 bits per heavy atom. The van der Waals surface area contributed by atoms with Gasteiger partial charge in [-0.05, 0) is 39.3 Å². The van der Waals surface area contributed by atoms with Crippen LogP contribution in [0.4, 0.5) is 5.82 Å². The van der Waals surface area contributed by atoms with Gasteiger partial charge in [0.05, 0.1) is 5.38 Å². The van der Waals surface area contributed by atoms with Crippen molar-refractivity contribution >= 4 is 17.4 Å². The lowest BCUT2D eigenvalue weighted by Crippen LogP contribution is -2.39. The molecule has 0 amide bonds. The molecular formula is C11H17ClN2. The van der Waals surface area contributed by atoms with Crippen molar-refractivity contribution in [3.63, 3.8) is 0 Å². The molecule has 0 saturated heterocycles. The first-order valence-corrected chi connectivity index (χ1v) is 5.21. The second-order valence-corrected chi connectivity index (χ2v) is 4.79. The summed E-state index contributed by atoms with van der Waals surface area (Å²) in [7, 11) is 0. The van der Waals surface area contributed by atoms with E-state index in [-0.39, 0.29) is 10.9 Å². The number of nitrogens with one attached hydrogen (secondary N) is 1. The minimum Gasteiger partial charge on any atom is -0.364 e. The highest BCUT2D eigenvalue weighted by Crippen LogP contribution is 2.22. The lowest BCUT2D eigenvalue weighted by molar-refractivity contribution is 0.552. The van der Waals surface area contributed by atoms with Crippen LogP contribution in [0.1, 0.15) is 26.3 Å². The van der Waals surface area contributed by atoms with Crippen LogP contribution in [0.2, 0.25) is 0 Å². The Bertz CT molecular complexity index is 308. The Balaban J connectivity index is 2.84. The maximum Gasteiger partial charge on any atom is 0.129 e. The zero-order valence-corrected chi connectivity index (χ0v) is 9.89. The first-order valence-electron chi connectivity index (χ1n) is 4.77. The normalized spacial score (nSPS) is 13.8. The largest absolute Gasteiger partial charge is 0.364 e. The second-order valence-electron chi connectivity index (χ2n) is 4.13. The minimum absolute atomic E-state index is 0.0453. The summed E-state index contributed by atoms with van der Waals surface area (Å²) in [6.07, 6.45) is 1.78. The van der Waals surface area contributed by atoms with E-state index >= 15 is 0 Å². The van der Waals surface area contributed by atoms with Crippen molar-refractivity contribution in [1.29, 1.82) is 0 Å². The van der Waals surface area contributed by atoms with Gasteiger partial charge in [0.25, 0.3) is 0 Å². The van der Waals surface area contributed by atoms with Gasteiger partial charge in [-0.15, -0.1) is 11.6 Å². The van der Waals surface area contributed by atoms with Gasteiger partial charge in [0.1, 0.15) is 5.82 Å². The predicted octanol–water partition coefficient (Wildman–Crippen LogP) is 3.21. The molecule has 14 heavy (non-hydrogen) atoms. The molecule has 0 aliphatic rings. The number of aryl methyl sites for hydroxylation is 1. The van der Waals surface area contributed by atoms with Crippen LogP contribution < -0.4 is 5.32 Å². The lowest BCUT2D eigenvalue weighted by atomic mass is 10.0. The van der Waals surface area contributed by atoms with Gasteiger partial charge in [0.15, 0.2) is 0 Å². The maximum atomic E-state index is 6.08. The number of rotatable bonds is 3. The van der Waals surface area contributed by atoms with Crippen LogP contribution in [0.25, 0.3) is 0 Å². The van der Waals surface area contributed by atoms with Crippen molar-refractivity contribution < 1.29 is 0 Å². The second kappa shape index (κ2) is 4.18. The molecule has 0 spiro atoms. The molecular weight excluding hydrogens is 196 g/mol. The molecule has 1 atom stereocenters. The number of aromatic nitrogens is 1. The van der Waals surface area contributed by atoms with E-state index in [4.69, 9.17) is 11.6 Å². The Labute approximate surface area is 90.7 Å². The molecule has 1 aromatic rings. The van der Waals surface area contributed by atoms with Crippen LogP contribution >= 0.6 is 11.6 Å². The quantitative estimate of drug-likeness (QED) is 0.779. The number of halogens is 1. The Morgan fingerprint density at radius 3 is 2.64 bits per heavy atom. The summed E-state index contributed by atoms with van der Waals surface area (Å²) in [5, 5.41) is 3.39. The lowest BCUT2D eigenvalue weighted by Gasteiger charge is -2.30. The summed E-state index contributed by atoms with van der Waals surface area (Å²) in [5.41, 5.74) is 0.985. The van der Waals surface area contributed by atoms with Gasteiger partial charge in [0, 0.05) is 11.7 Å². The van der Waals surface area contributed by atoms with Gasteiger partial charge in [0.2, 0.25) is 0 Å². The summed E-state index contributed by atoms with van der Waals surface area (Å²) >= 11 is 6.08. The fraction of sp³-hybridized carbons (Fsp3) is 0.545. The van der Waals surface area contributed by atoms with E-state index in [1.54, 1.807) is 6.20 Å². The van der Waals surface area contributed by atoms with Crippen molar-refractivity contribution in [1.82, 2.24) is 4.98 Å². The fourth-order valence-corrected chi connectivity index (χ4v) is 1.08. The van der Waals surface area contributed by atoms with Crippen LogP contribution in [0.5, 0.6) is 0 Å². The zero-order valence-electron chi connectivity index (χ0n) is 9.13. The molecule has 1 N–H and O–H groups in total. The Morgan fingerprint density at radius 2 is 2.14 bits per heavy atom. The molecule has 0 aliphatic heterocycles. The molecule has 1 heterocycles. The maximum absolute atomic E-state index is 6.08. The molecule has 1 aromatic heterocycles. The number of hydrogen-bond acceptors (Lipinski definition) is 2. The van der Waals surface area contributed by atoms with Crippen molar-refractivity contribution in [2.45, 2.75) is 38.6 Å². The fourth-order valence-electron chi connectivity index (χ4n) is 1.02. The van der Waals surface area contributed by atoms with E-state index in [0.29, 0.717) is 0 Å². The van der Waals surface area contributed by atoms with Crippen LogP contribution in [0.15, 0.2) is 18.3 Å². The molecule has 0 bridgehead atoms. The summed E-state index contributed by atoms with van der Waals surface area (Å²) in [4.78, 5) is 4.28. The van der Waals surface area contributed by atoms with E-state index in [0.717, 1.165) is 11.4 Å². The highest BCUT2D eigenvalue weighted by Gasteiger charge is 2.24. The highest BCUT2D eigenvalue weighted by atomic mass is 35.5. The molecule has 0 fully saturated rings. The number of alkyl halides is 1. The third-order valence-corrected chi connectivity index (χ3v) is 2.99. The van der Waals surface area contributed by atoms with Crippen LogP contribution in [0.3, 0.4) is 0 Å². The van der Waals surface area contributed by atoms with Crippen molar-refractivity contribution in [2.75, 3.05) is 5.32 Å². The predicted molar refractivity (Wildman–Crippen MR) is 62.0 cm³/mol. The summed E-state index contributed by atoms with van der Waals surface area (Å²) in [5.74, 6) is 0.907. The summed E-state index contributed by atoms with van der Waals surface area (Å²) in [6.45, 7) is 8.15. The number of anilines is 1. The number of nitrogens with zero attached hydrogens (tertiary/aromatic N) is 1. The first-order chi connectivity index (χ1) is 6.43. The van der Waals surface area contributed by atoms with E-state index < -0.39 is 0 Å². The molecule has 0 radical (unpaired) electrons. The van der Waals surface area contributed by atoms with Crippen LogP contribution in [-0.4, -0.2) is 15.9 Å². The molecule has 0 aliphatic carbocycles. The molecule has 0 aromatic carbocycles. The van der Waals surface area contributed by atoms with Crippen LogP contribution in [0, 0.1) is 6.92 Å². The van der Waals surface area contributed by atoms with Gasteiger partial charge in [-0.3, -0.25) is 0 Å². The van der Waals surface area contributed by atoms with Gasteiger partial charge >= 0.3 is 0 Å². The van der Waals surface area contributed by atoms with Crippen LogP contribution in [-0.2, 0) is 0 Å². The van der Waals surface area contributed by atoms with E-state index in [9.17, 15) is 0 Å². The number of hydrogen-bond donors (Lipinski definition) is 1. The Kier molecular flexibility index (Phi) is 3.38. The minimum atomic E-state index is -0.152.